The van der Waals surface area contributed by atoms with Gasteiger partial charge in [-0.1, -0.05) is 55.8 Å². The van der Waals surface area contributed by atoms with Crippen LogP contribution in [0.5, 0.6) is 0 Å². The van der Waals surface area contributed by atoms with Gasteiger partial charge in [0, 0.05) is 31.9 Å². The molecule has 0 unspecified atom stereocenters. The fraction of sp³-hybridized carbons (Fsp3) is 0.407. The third-order valence-corrected chi connectivity index (χ3v) is 7.03. The van der Waals surface area contributed by atoms with Crippen molar-refractivity contribution in [2.75, 3.05) is 39.5 Å². The molecular formula is C27H35N7OS. The normalized spacial score (nSPS) is 11.4. The molecule has 0 aliphatic rings. The molecule has 2 heterocycles. The minimum atomic E-state index is 0.0145. The Labute approximate surface area is 217 Å². The topological polar surface area (TPSA) is 72.1 Å². The Balaban J connectivity index is 1.51. The minimum absolute atomic E-state index is 0.0145. The quantitative estimate of drug-likeness (QED) is 0.195. The Morgan fingerprint density at radius 1 is 0.944 bits per heavy atom. The zero-order valence-corrected chi connectivity index (χ0v) is 22.2. The van der Waals surface area contributed by atoms with Crippen LogP contribution in [0.2, 0.25) is 0 Å². The van der Waals surface area contributed by atoms with E-state index in [9.17, 15) is 4.79 Å². The molecule has 36 heavy (non-hydrogen) atoms. The van der Waals surface area contributed by atoms with Gasteiger partial charge < -0.3 is 14.4 Å². The zero-order valence-electron chi connectivity index (χ0n) is 21.4. The summed E-state index contributed by atoms with van der Waals surface area (Å²) >= 11 is 1.72. The van der Waals surface area contributed by atoms with E-state index < -0.39 is 0 Å². The number of carbonyl (C=O) groups excluding carboxylic acids is 1. The van der Waals surface area contributed by atoms with E-state index in [1.807, 2.05) is 35.2 Å². The first-order chi connectivity index (χ1) is 17.6. The third kappa shape index (κ3) is 6.33. The average Bonchev–Trinajstić information content (AvgIpc) is 3.54. The van der Waals surface area contributed by atoms with Crippen molar-refractivity contribution in [3.05, 3.63) is 66.5 Å². The predicted molar refractivity (Wildman–Crippen MR) is 146 cm³/mol. The van der Waals surface area contributed by atoms with E-state index in [4.69, 9.17) is 4.98 Å². The Hall–Kier alpha value is -3.17. The first kappa shape index (κ1) is 25.9. The summed E-state index contributed by atoms with van der Waals surface area (Å²) in [5.74, 6) is 0.784. The van der Waals surface area contributed by atoms with Gasteiger partial charge >= 0.3 is 0 Å². The molecule has 2 aromatic heterocycles. The van der Waals surface area contributed by atoms with E-state index in [-0.39, 0.29) is 5.91 Å². The maximum Gasteiger partial charge on any atom is 0.256 e. The summed E-state index contributed by atoms with van der Waals surface area (Å²) in [6.45, 7) is 5.36. The van der Waals surface area contributed by atoms with Gasteiger partial charge in [0.05, 0.1) is 34.7 Å². The molecule has 0 saturated carbocycles. The number of nitrogens with zero attached hydrogens (tertiary/aromatic N) is 7. The van der Waals surface area contributed by atoms with E-state index in [0.717, 1.165) is 60.8 Å². The minimum Gasteiger partial charge on any atom is -0.338 e. The number of aromatic nitrogens is 5. The Bertz CT molecular complexity index is 1250. The number of hydrogen-bond donors (Lipinski definition) is 0. The number of thioether (sulfide) groups is 1. The van der Waals surface area contributed by atoms with E-state index >= 15 is 0 Å². The van der Waals surface area contributed by atoms with Crippen LogP contribution < -0.4 is 0 Å². The van der Waals surface area contributed by atoms with Crippen LogP contribution >= 0.6 is 11.8 Å². The maximum atomic E-state index is 13.7. The number of fused-ring (bicyclic) bond motifs is 1. The maximum absolute atomic E-state index is 13.7. The summed E-state index contributed by atoms with van der Waals surface area (Å²) in [5, 5.41) is 9.49. The number of benzene rings is 2. The Kier molecular flexibility index (Phi) is 9.13. The van der Waals surface area contributed by atoms with E-state index in [2.05, 4.69) is 58.9 Å². The van der Waals surface area contributed by atoms with Gasteiger partial charge in [-0.2, -0.15) is 15.0 Å². The van der Waals surface area contributed by atoms with Crippen molar-refractivity contribution in [3.63, 3.8) is 0 Å². The highest BCUT2D eigenvalue weighted by molar-refractivity contribution is 7.99. The Morgan fingerprint density at radius 2 is 1.69 bits per heavy atom. The molecule has 0 fully saturated rings. The number of imidazole rings is 1. The molecule has 1 amide bonds. The molecule has 9 heteroatoms. The summed E-state index contributed by atoms with van der Waals surface area (Å²) in [4.78, 5) is 24.3. The molecular weight excluding hydrogens is 470 g/mol. The van der Waals surface area contributed by atoms with Crippen LogP contribution in [0, 0.1) is 0 Å². The smallest absolute Gasteiger partial charge is 0.256 e. The number of carbonyl (C=O) groups is 1. The van der Waals surface area contributed by atoms with Crippen molar-refractivity contribution in [1.29, 1.82) is 0 Å². The first-order valence-corrected chi connectivity index (χ1v) is 13.5. The molecule has 0 radical (unpaired) electrons. The lowest BCUT2D eigenvalue weighted by Gasteiger charge is -2.23. The highest BCUT2D eigenvalue weighted by Gasteiger charge is 2.20. The molecule has 8 nitrogen and oxygen atoms in total. The lowest BCUT2D eigenvalue weighted by molar-refractivity contribution is 0.0763. The van der Waals surface area contributed by atoms with Crippen molar-refractivity contribution in [2.24, 2.45) is 0 Å². The standard InChI is InChI=1S/C27H35N7OS/c1-4-5-10-17-32(26(35)22-11-6-8-13-24(22)34-28-15-16-29-34)20-21-36-27-30-23-12-7-9-14-25(23)33(27)19-18-31(2)3/h6-9,11-16H,4-5,10,17-21H2,1-3H3. The molecule has 0 N–H and O–H groups in total. The number of para-hydroxylation sites is 3. The summed E-state index contributed by atoms with van der Waals surface area (Å²) < 4.78 is 2.29. The van der Waals surface area contributed by atoms with E-state index in [1.165, 1.54) is 4.80 Å². The van der Waals surface area contributed by atoms with Crippen LogP contribution in [0.15, 0.2) is 66.1 Å². The van der Waals surface area contributed by atoms with Crippen LogP contribution in [0.4, 0.5) is 0 Å². The molecule has 0 bridgehead atoms. The second-order valence-electron chi connectivity index (χ2n) is 9.02. The monoisotopic (exact) mass is 505 g/mol. The summed E-state index contributed by atoms with van der Waals surface area (Å²) in [7, 11) is 4.17. The van der Waals surface area contributed by atoms with Gasteiger partial charge in [-0.25, -0.2) is 4.98 Å². The van der Waals surface area contributed by atoms with Crippen molar-refractivity contribution >= 4 is 28.7 Å². The van der Waals surface area contributed by atoms with Crippen molar-refractivity contribution in [2.45, 2.75) is 37.9 Å². The Morgan fingerprint density at radius 3 is 2.47 bits per heavy atom. The molecule has 0 atom stereocenters. The van der Waals surface area contributed by atoms with Gasteiger partial charge in [-0.3, -0.25) is 4.79 Å². The van der Waals surface area contributed by atoms with Crippen LogP contribution in [0.3, 0.4) is 0 Å². The van der Waals surface area contributed by atoms with Crippen LogP contribution in [-0.4, -0.2) is 79.7 Å². The highest BCUT2D eigenvalue weighted by Crippen LogP contribution is 2.25. The molecule has 2 aromatic carbocycles. The zero-order chi connectivity index (χ0) is 25.3. The van der Waals surface area contributed by atoms with Crippen molar-refractivity contribution in [3.8, 4) is 5.69 Å². The lowest BCUT2D eigenvalue weighted by atomic mass is 10.1. The van der Waals surface area contributed by atoms with E-state index in [1.54, 1.807) is 24.2 Å². The largest absolute Gasteiger partial charge is 0.338 e. The average molecular weight is 506 g/mol. The number of hydrogen-bond acceptors (Lipinski definition) is 6. The first-order valence-electron chi connectivity index (χ1n) is 12.6. The second-order valence-corrected chi connectivity index (χ2v) is 10.1. The number of unbranched alkanes of at least 4 members (excludes halogenated alkanes) is 2. The van der Waals surface area contributed by atoms with Gasteiger partial charge in [0.15, 0.2) is 5.16 Å². The van der Waals surface area contributed by atoms with Crippen molar-refractivity contribution < 1.29 is 4.79 Å². The molecule has 0 spiro atoms. The summed E-state index contributed by atoms with van der Waals surface area (Å²) in [6, 6.07) is 15.8. The van der Waals surface area contributed by atoms with Gasteiger partial charge in [0.2, 0.25) is 0 Å². The lowest BCUT2D eigenvalue weighted by Crippen LogP contribution is -2.34. The molecule has 0 aliphatic heterocycles. The van der Waals surface area contributed by atoms with Crippen LogP contribution in [0.1, 0.15) is 36.5 Å². The van der Waals surface area contributed by atoms with Gasteiger partial charge in [0.25, 0.3) is 5.91 Å². The molecule has 0 saturated heterocycles. The molecule has 0 aliphatic carbocycles. The molecule has 190 valence electrons. The molecule has 4 rings (SSSR count). The van der Waals surface area contributed by atoms with E-state index in [0.29, 0.717) is 17.8 Å². The SMILES string of the molecule is CCCCCN(CCSc1nc2ccccc2n1CCN(C)C)C(=O)c1ccccc1-n1nccn1. The van der Waals surface area contributed by atoms with Gasteiger partial charge in [-0.05, 0) is 44.8 Å². The number of amides is 1. The van der Waals surface area contributed by atoms with Gasteiger partial charge in [0.1, 0.15) is 0 Å². The van der Waals surface area contributed by atoms with Crippen LogP contribution in [-0.2, 0) is 6.54 Å². The number of rotatable bonds is 13. The second kappa shape index (κ2) is 12.7. The fourth-order valence-corrected chi connectivity index (χ4v) is 5.14. The predicted octanol–water partition coefficient (Wildman–Crippen LogP) is 4.60. The number of likely N-dealkylation sites (N-methyl/N-ethyl adjacent to an activating group) is 1. The molecule has 4 aromatic rings. The van der Waals surface area contributed by atoms with Crippen molar-refractivity contribution in [1.82, 2.24) is 34.3 Å². The highest BCUT2D eigenvalue weighted by atomic mass is 32.2. The fourth-order valence-electron chi connectivity index (χ4n) is 4.13. The summed E-state index contributed by atoms with van der Waals surface area (Å²) in [5.41, 5.74) is 3.48. The third-order valence-electron chi connectivity index (χ3n) is 6.07. The van der Waals surface area contributed by atoms with Crippen LogP contribution in [0.25, 0.3) is 16.7 Å². The van der Waals surface area contributed by atoms with Gasteiger partial charge in [-0.15, -0.1) is 0 Å². The summed E-state index contributed by atoms with van der Waals surface area (Å²) in [6.07, 6.45) is 6.44.